The van der Waals surface area contributed by atoms with E-state index in [1.165, 1.54) is 22.5 Å². The van der Waals surface area contributed by atoms with E-state index in [2.05, 4.69) is 0 Å². The molecule has 1 N–H and O–H groups in total. The third-order valence-corrected chi connectivity index (χ3v) is 5.80. The summed E-state index contributed by atoms with van der Waals surface area (Å²) in [6.07, 6.45) is -0.312. The molecule has 3 rings (SSSR count). The fourth-order valence-electron chi connectivity index (χ4n) is 2.60. The lowest BCUT2D eigenvalue weighted by molar-refractivity contribution is -0.139. The Morgan fingerprint density at radius 3 is 2.77 bits per heavy atom. The minimum atomic E-state index is -3.88. The molecule has 0 spiro atoms. The minimum absolute atomic E-state index is 0.0157. The summed E-state index contributed by atoms with van der Waals surface area (Å²) in [6.45, 7) is 1.38. The first-order valence-electron chi connectivity index (χ1n) is 7.71. The number of carbonyl (C=O) groups is 1. The van der Waals surface area contributed by atoms with Crippen molar-refractivity contribution in [2.45, 2.75) is 17.9 Å². The van der Waals surface area contributed by atoms with Gasteiger partial charge in [0.1, 0.15) is 17.6 Å². The van der Waals surface area contributed by atoms with Gasteiger partial charge in [0, 0.05) is 0 Å². The number of hydrogen-bond donors (Lipinski definition) is 1. The average molecular weight is 398 g/mol. The highest BCUT2D eigenvalue weighted by atomic mass is 35.5. The molecule has 1 aliphatic rings. The molecule has 0 radical (unpaired) electrons. The van der Waals surface area contributed by atoms with Gasteiger partial charge in [-0.3, -0.25) is 4.31 Å². The molecule has 0 saturated carbocycles. The zero-order chi connectivity index (χ0) is 18.9. The zero-order valence-corrected chi connectivity index (χ0v) is 15.3. The van der Waals surface area contributed by atoms with Gasteiger partial charge in [0.05, 0.1) is 22.2 Å². The van der Waals surface area contributed by atoms with E-state index in [0.717, 1.165) is 0 Å². The maximum atomic E-state index is 13.1. The van der Waals surface area contributed by atoms with Gasteiger partial charge in [0.2, 0.25) is 0 Å². The SMILES string of the molecule is CC1CN(S(=O)(=O)c2ccc(OCC(=O)O)c(Cl)c2)c2ccccc2O1. The predicted octanol–water partition coefficient (Wildman–Crippen LogP) is 2.78. The molecule has 1 heterocycles. The summed E-state index contributed by atoms with van der Waals surface area (Å²) in [6, 6.07) is 10.8. The summed E-state index contributed by atoms with van der Waals surface area (Å²) >= 11 is 6.06. The van der Waals surface area contributed by atoms with Crippen LogP contribution < -0.4 is 13.8 Å². The van der Waals surface area contributed by atoms with Crippen molar-refractivity contribution < 1.29 is 27.8 Å². The van der Waals surface area contributed by atoms with Gasteiger partial charge in [0.25, 0.3) is 10.0 Å². The van der Waals surface area contributed by atoms with E-state index >= 15 is 0 Å². The van der Waals surface area contributed by atoms with Crippen LogP contribution in [0.15, 0.2) is 47.4 Å². The Bertz CT molecular complexity index is 946. The molecule has 26 heavy (non-hydrogen) atoms. The van der Waals surface area contributed by atoms with Gasteiger partial charge in [-0.05, 0) is 37.3 Å². The molecule has 1 aliphatic heterocycles. The maximum Gasteiger partial charge on any atom is 0.341 e. The number of sulfonamides is 1. The molecule has 2 aromatic rings. The van der Waals surface area contributed by atoms with Gasteiger partial charge >= 0.3 is 5.97 Å². The topological polar surface area (TPSA) is 93.1 Å². The first-order valence-corrected chi connectivity index (χ1v) is 9.53. The number of halogens is 1. The number of ether oxygens (including phenoxy) is 2. The van der Waals surface area contributed by atoms with Crippen LogP contribution in [-0.2, 0) is 14.8 Å². The molecule has 138 valence electrons. The fourth-order valence-corrected chi connectivity index (χ4v) is 4.48. The highest BCUT2D eigenvalue weighted by Gasteiger charge is 2.33. The van der Waals surface area contributed by atoms with E-state index in [4.69, 9.17) is 26.2 Å². The van der Waals surface area contributed by atoms with Crippen LogP contribution in [0.2, 0.25) is 5.02 Å². The maximum absolute atomic E-state index is 13.1. The summed E-state index contributed by atoms with van der Waals surface area (Å²) in [7, 11) is -3.88. The molecule has 0 saturated heterocycles. The number of anilines is 1. The Morgan fingerprint density at radius 2 is 2.08 bits per heavy atom. The Kier molecular flexibility index (Phi) is 4.97. The standard InChI is InChI=1S/C17H16ClNO6S/c1-11-9-19(14-4-2-3-5-16(14)25-11)26(22,23)12-6-7-15(13(18)8-12)24-10-17(20)21/h2-8,11H,9-10H2,1H3,(H,20,21). The Hall–Kier alpha value is -2.45. The van der Waals surface area contributed by atoms with Crippen LogP contribution in [0.1, 0.15) is 6.92 Å². The molecule has 0 aliphatic carbocycles. The second-order valence-electron chi connectivity index (χ2n) is 5.71. The smallest absolute Gasteiger partial charge is 0.341 e. The molecular formula is C17H16ClNO6S. The van der Waals surface area contributed by atoms with E-state index in [-0.39, 0.29) is 28.3 Å². The summed E-state index contributed by atoms with van der Waals surface area (Å²) in [5, 5.41) is 8.67. The normalized spacial score (nSPS) is 16.5. The minimum Gasteiger partial charge on any atom is -0.487 e. The second kappa shape index (κ2) is 7.05. The lowest BCUT2D eigenvalue weighted by atomic mass is 10.2. The van der Waals surface area contributed by atoms with Crippen LogP contribution in [0.25, 0.3) is 0 Å². The monoisotopic (exact) mass is 397 g/mol. The summed E-state index contributed by atoms with van der Waals surface area (Å²) in [4.78, 5) is 10.6. The number of carboxylic acids is 1. The van der Waals surface area contributed by atoms with Gasteiger partial charge in [-0.15, -0.1) is 0 Å². The van der Waals surface area contributed by atoms with Gasteiger partial charge in [-0.2, -0.15) is 0 Å². The highest BCUT2D eigenvalue weighted by molar-refractivity contribution is 7.92. The van der Waals surface area contributed by atoms with Crippen molar-refractivity contribution in [3.05, 3.63) is 47.5 Å². The summed E-state index contributed by atoms with van der Waals surface area (Å²) < 4.78 is 38.2. The van der Waals surface area contributed by atoms with E-state index in [0.29, 0.717) is 11.4 Å². The number of benzene rings is 2. The van der Waals surface area contributed by atoms with Crippen molar-refractivity contribution in [2.75, 3.05) is 17.5 Å². The van der Waals surface area contributed by atoms with Gasteiger partial charge in [0.15, 0.2) is 6.61 Å². The molecule has 0 amide bonds. The molecule has 9 heteroatoms. The van der Waals surface area contributed by atoms with Crippen molar-refractivity contribution in [3.8, 4) is 11.5 Å². The average Bonchev–Trinajstić information content (AvgIpc) is 2.59. The molecule has 0 aromatic heterocycles. The number of aliphatic carboxylic acids is 1. The Morgan fingerprint density at radius 1 is 1.35 bits per heavy atom. The molecule has 2 aromatic carbocycles. The van der Waals surface area contributed by atoms with Crippen LogP contribution in [0.5, 0.6) is 11.5 Å². The fraction of sp³-hybridized carbons (Fsp3) is 0.235. The molecule has 0 fully saturated rings. The number of carboxylic acid groups (broad SMARTS) is 1. The predicted molar refractivity (Wildman–Crippen MR) is 95.6 cm³/mol. The number of rotatable bonds is 5. The van der Waals surface area contributed by atoms with Gasteiger partial charge in [-0.25, -0.2) is 13.2 Å². The zero-order valence-electron chi connectivity index (χ0n) is 13.8. The number of hydrogen-bond acceptors (Lipinski definition) is 5. The molecule has 0 bridgehead atoms. The van der Waals surface area contributed by atoms with Crippen molar-refractivity contribution in [1.82, 2.24) is 0 Å². The van der Waals surface area contributed by atoms with Crippen LogP contribution in [-0.4, -0.2) is 38.7 Å². The largest absolute Gasteiger partial charge is 0.487 e. The van der Waals surface area contributed by atoms with Crippen molar-refractivity contribution in [1.29, 1.82) is 0 Å². The molecule has 7 nitrogen and oxygen atoms in total. The van der Waals surface area contributed by atoms with Gasteiger partial charge in [-0.1, -0.05) is 23.7 Å². The summed E-state index contributed by atoms with van der Waals surface area (Å²) in [5.41, 5.74) is 0.452. The highest BCUT2D eigenvalue weighted by Crippen LogP contribution is 2.37. The van der Waals surface area contributed by atoms with Gasteiger partial charge < -0.3 is 14.6 Å². The van der Waals surface area contributed by atoms with E-state index in [1.807, 2.05) is 0 Å². The summed E-state index contributed by atoms with van der Waals surface area (Å²) in [5.74, 6) is -0.567. The van der Waals surface area contributed by atoms with Crippen LogP contribution in [0.3, 0.4) is 0 Å². The van der Waals surface area contributed by atoms with E-state index in [1.54, 1.807) is 31.2 Å². The van der Waals surface area contributed by atoms with E-state index < -0.39 is 22.6 Å². The van der Waals surface area contributed by atoms with Crippen molar-refractivity contribution >= 4 is 33.3 Å². The third kappa shape index (κ3) is 3.56. The van der Waals surface area contributed by atoms with Crippen LogP contribution in [0, 0.1) is 0 Å². The number of nitrogens with zero attached hydrogens (tertiary/aromatic N) is 1. The molecule has 1 unspecified atom stereocenters. The van der Waals surface area contributed by atoms with Crippen LogP contribution in [0.4, 0.5) is 5.69 Å². The van der Waals surface area contributed by atoms with E-state index in [9.17, 15) is 13.2 Å². The quantitative estimate of drug-likeness (QED) is 0.833. The first kappa shape index (κ1) is 18.3. The van der Waals surface area contributed by atoms with Crippen molar-refractivity contribution in [3.63, 3.8) is 0 Å². The Balaban J connectivity index is 1.96. The lowest BCUT2D eigenvalue weighted by Crippen LogP contribution is -2.42. The van der Waals surface area contributed by atoms with Crippen molar-refractivity contribution in [2.24, 2.45) is 0 Å². The second-order valence-corrected chi connectivity index (χ2v) is 7.98. The third-order valence-electron chi connectivity index (χ3n) is 3.73. The first-order chi connectivity index (χ1) is 12.3. The number of fused-ring (bicyclic) bond motifs is 1. The molecular weight excluding hydrogens is 382 g/mol. The van der Waals surface area contributed by atoms with Crippen LogP contribution >= 0.6 is 11.6 Å². The molecule has 1 atom stereocenters. The number of para-hydroxylation sites is 2. The Labute approximate surface area is 155 Å². The lowest BCUT2D eigenvalue weighted by Gasteiger charge is -2.34.